The predicted octanol–water partition coefficient (Wildman–Crippen LogP) is 3.38. The largest absolute Gasteiger partial charge is 0.337 e. The molecule has 0 aliphatic carbocycles. The summed E-state index contributed by atoms with van der Waals surface area (Å²) in [5.41, 5.74) is 8.59. The number of nitrogens with two attached hydrogens (primary N) is 1. The minimum Gasteiger partial charge on any atom is -0.337 e. The third-order valence-corrected chi connectivity index (χ3v) is 5.04. The van der Waals surface area contributed by atoms with Crippen molar-refractivity contribution < 1.29 is 4.79 Å². The van der Waals surface area contributed by atoms with Gasteiger partial charge in [0, 0.05) is 24.4 Å². The van der Waals surface area contributed by atoms with Gasteiger partial charge in [0.15, 0.2) is 0 Å². The summed E-state index contributed by atoms with van der Waals surface area (Å²) in [4.78, 5) is 14.4. The lowest BCUT2D eigenvalue weighted by atomic mass is 9.97. The number of piperidine rings is 1. The Hall–Kier alpha value is -0.710. The normalized spacial score (nSPS) is 19.4. The van der Waals surface area contributed by atoms with Crippen LogP contribution in [-0.2, 0) is 10.5 Å². The Morgan fingerprint density at radius 2 is 2.23 bits per heavy atom. The molecule has 1 amide bonds. The summed E-state index contributed by atoms with van der Waals surface area (Å²) in [5.74, 6) is 1.69. The summed E-state index contributed by atoms with van der Waals surface area (Å²) in [7, 11) is 0. The molecule has 2 atom stereocenters. The van der Waals surface area contributed by atoms with Crippen molar-refractivity contribution in [2.24, 2.45) is 5.73 Å². The molecule has 2 N–H and O–H groups in total. The summed E-state index contributed by atoms with van der Waals surface area (Å²) in [6.45, 7) is 4.98. The smallest absolute Gasteiger partial charge is 0.232 e. The second kappa shape index (κ2) is 9.43. The highest BCUT2D eigenvalue weighted by atomic mass is 35.5. The van der Waals surface area contributed by atoms with Crippen LogP contribution in [0, 0.1) is 6.92 Å². The van der Waals surface area contributed by atoms with Gasteiger partial charge in [-0.15, -0.1) is 24.2 Å². The number of thioether (sulfide) groups is 1. The fourth-order valence-corrected chi connectivity index (χ4v) is 3.81. The number of halogens is 1. The van der Waals surface area contributed by atoms with E-state index in [0.717, 1.165) is 25.1 Å². The zero-order chi connectivity index (χ0) is 15.2. The van der Waals surface area contributed by atoms with Gasteiger partial charge in [-0.1, -0.05) is 29.8 Å². The highest BCUT2D eigenvalue weighted by Crippen LogP contribution is 2.21. The standard InChI is InChI=1S/C17H26N2OS.ClH/c1-13-6-5-7-15(10-13)11-21-12-17(20)19-9-4-3-8-16(19)14(2)18;/h5-7,10,14,16H,3-4,8-9,11-12,18H2,1-2H3;1H. The Bertz CT molecular complexity index is 481. The molecule has 2 rings (SSSR count). The summed E-state index contributed by atoms with van der Waals surface area (Å²) in [5, 5.41) is 0. The second-order valence-corrected chi connectivity index (χ2v) is 6.98. The molecule has 124 valence electrons. The molecule has 1 aliphatic rings. The van der Waals surface area contributed by atoms with Crippen molar-refractivity contribution in [3.8, 4) is 0 Å². The predicted molar refractivity (Wildman–Crippen MR) is 97.6 cm³/mol. The fraction of sp³-hybridized carbons (Fsp3) is 0.588. The van der Waals surface area contributed by atoms with Crippen LogP contribution >= 0.6 is 24.2 Å². The van der Waals surface area contributed by atoms with Crippen molar-refractivity contribution in [2.45, 2.75) is 50.9 Å². The minimum atomic E-state index is 0. The summed E-state index contributed by atoms with van der Waals surface area (Å²) < 4.78 is 0. The Kier molecular flexibility index (Phi) is 8.29. The molecule has 3 nitrogen and oxygen atoms in total. The van der Waals surface area contributed by atoms with Gasteiger partial charge in [0.1, 0.15) is 0 Å². The molecule has 1 heterocycles. The molecule has 0 saturated carbocycles. The molecule has 1 saturated heterocycles. The molecule has 2 unspecified atom stereocenters. The lowest BCUT2D eigenvalue weighted by Crippen LogP contribution is -2.52. The minimum absolute atomic E-state index is 0. The number of amides is 1. The van der Waals surface area contributed by atoms with Crippen molar-refractivity contribution in [2.75, 3.05) is 12.3 Å². The Labute approximate surface area is 144 Å². The van der Waals surface area contributed by atoms with E-state index in [1.165, 1.54) is 17.5 Å². The number of rotatable bonds is 5. The zero-order valence-corrected chi connectivity index (χ0v) is 15.1. The van der Waals surface area contributed by atoms with E-state index in [0.29, 0.717) is 5.75 Å². The van der Waals surface area contributed by atoms with Gasteiger partial charge >= 0.3 is 0 Å². The summed E-state index contributed by atoms with van der Waals surface area (Å²) >= 11 is 1.70. The molecule has 0 aromatic heterocycles. The molecular weight excluding hydrogens is 316 g/mol. The van der Waals surface area contributed by atoms with Gasteiger partial charge < -0.3 is 10.6 Å². The van der Waals surface area contributed by atoms with Crippen molar-refractivity contribution in [1.29, 1.82) is 0 Å². The lowest BCUT2D eigenvalue weighted by Gasteiger charge is -2.38. The van der Waals surface area contributed by atoms with Crippen molar-refractivity contribution in [1.82, 2.24) is 4.90 Å². The van der Waals surface area contributed by atoms with Gasteiger partial charge in [-0.3, -0.25) is 4.79 Å². The van der Waals surface area contributed by atoms with E-state index >= 15 is 0 Å². The third kappa shape index (κ3) is 5.49. The number of benzene rings is 1. The van der Waals surface area contributed by atoms with Crippen LogP contribution in [0.5, 0.6) is 0 Å². The first-order chi connectivity index (χ1) is 10.1. The maximum Gasteiger partial charge on any atom is 0.232 e. The highest BCUT2D eigenvalue weighted by Gasteiger charge is 2.28. The molecular formula is C17H27ClN2OS. The van der Waals surface area contributed by atoms with Crippen molar-refractivity contribution in [3.05, 3.63) is 35.4 Å². The van der Waals surface area contributed by atoms with Gasteiger partial charge in [0.2, 0.25) is 5.91 Å². The number of likely N-dealkylation sites (tertiary alicyclic amines) is 1. The SMILES string of the molecule is Cc1cccc(CSCC(=O)N2CCCCC2C(C)N)c1.Cl. The quantitative estimate of drug-likeness (QED) is 0.892. The molecule has 0 bridgehead atoms. The number of nitrogens with zero attached hydrogens (tertiary/aromatic N) is 1. The average Bonchev–Trinajstić information content (AvgIpc) is 2.47. The summed E-state index contributed by atoms with van der Waals surface area (Å²) in [6.07, 6.45) is 3.34. The fourth-order valence-electron chi connectivity index (χ4n) is 2.95. The van der Waals surface area contributed by atoms with Crippen LogP contribution in [-0.4, -0.2) is 35.2 Å². The number of hydrogen-bond acceptors (Lipinski definition) is 3. The molecule has 1 fully saturated rings. The van der Waals surface area contributed by atoms with Gasteiger partial charge in [-0.25, -0.2) is 0 Å². The molecule has 0 spiro atoms. The summed E-state index contributed by atoms with van der Waals surface area (Å²) in [6, 6.07) is 8.77. The van der Waals surface area contributed by atoms with Crippen LogP contribution in [0.1, 0.15) is 37.3 Å². The molecule has 22 heavy (non-hydrogen) atoms. The Morgan fingerprint density at radius 3 is 2.91 bits per heavy atom. The maximum absolute atomic E-state index is 12.4. The molecule has 1 aromatic carbocycles. The van der Waals surface area contributed by atoms with E-state index in [1.807, 2.05) is 11.8 Å². The van der Waals surface area contributed by atoms with E-state index in [9.17, 15) is 4.79 Å². The number of aryl methyl sites for hydroxylation is 1. The van der Waals surface area contributed by atoms with Crippen LogP contribution in [0.2, 0.25) is 0 Å². The Balaban J connectivity index is 0.00000242. The lowest BCUT2D eigenvalue weighted by molar-refractivity contribution is -0.132. The first-order valence-corrected chi connectivity index (χ1v) is 8.91. The Morgan fingerprint density at radius 1 is 1.45 bits per heavy atom. The number of hydrogen-bond donors (Lipinski definition) is 1. The number of carbonyl (C=O) groups excluding carboxylic acids is 1. The molecule has 0 radical (unpaired) electrons. The average molecular weight is 343 g/mol. The van der Waals surface area contributed by atoms with Gasteiger partial charge in [0.05, 0.1) is 5.75 Å². The van der Waals surface area contributed by atoms with E-state index in [4.69, 9.17) is 5.73 Å². The number of carbonyl (C=O) groups is 1. The third-order valence-electron chi connectivity index (χ3n) is 4.05. The van der Waals surface area contributed by atoms with Crippen LogP contribution < -0.4 is 5.73 Å². The van der Waals surface area contributed by atoms with Gasteiger partial charge in [-0.05, 0) is 38.7 Å². The first-order valence-electron chi connectivity index (χ1n) is 7.76. The van der Waals surface area contributed by atoms with Crippen molar-refractivity contribution >= 4 is 30.1 Å². The van der Waals surface area contributed by atoms with Gasteiger partial charge in [0.25, 0.3) is 0 Å². The monoisotopic (exact) mass is 342 g/mol. The molecule has 1 aromatic rings. The van der Waals surface area contributed by atoms with Gasteiger partial charge in [-0.2, -0.15) is 0 Å². The van der Waals surface area contributed by atoms with Crippen LogP contribution in [0.15, 0.2) is 24.3 Å². The van der Waals surface area contributed by atoms with E-state index in [1.54, 1.807) is 11.8 Å². The highest BCUT2D eigenvalue weighted by molar-refractivity contribution is 7.99. The van der Waals surface area contributed by atoms with E-state index in [2.05, 4.69) is 31.2 Å². The molecule has 1 aliphatic heterocycles. The first kappa shape index (κ1) is 19.3. The maximum atomic E-state index is 12.4. The zero-order valence-electron chi connectivity index (χ0n) is 13.5. The van der Waals surface area contributed by atoms with E-state index < -0.39 is 0 Å². The second-order valence-electron chi connectivity index (χ2n) is 5.99. The van der Waals surface area contributed by atoms with Crippen LogP contribution in [0.25, 0.3) is 0 Å². The molecule has 5 heteroatoms. The topological polar surface area (TPSA) is 46.3 Å². The van der Waals surface area contributed by atoms with E-state index in [-0.39, 0.29) is 30.4 Å². The van der Waals surface area contributed by atoms with Crippen molar-refractivity contribution in [3.63, 3.8) is 0 Å². The van der Waals surface area contributed by atoms with Crippen LogP contribution in [0.3, 0.4) is 0 Å². The van der Waals surface area contributed by atoms with Crippen LogP contribution in [0.4, 0.5) is 0 Å².